The molecule has 1 rings (SSSR count). The number of rotatable bonds is 5. The summed E-state index contributed by atoms with van der Waals surface area (Å²) in [5.41, 5.74) is -0.770. The molecule has 0 spiro atoms. The van der Waals surface area contributed by atoms with Gasteiger partial charge in [0.15, 0.2) is 0 Å². The van der Waals surface area contributed by atoms with Crippen molar-refractivity contribution in [3.05, 3.63) is 16.0 Å². The molecule has 1 heterocycles. The van der Waals surface area contributed by atoms with Crippen LogP contribution in [0.2, 0.25) is 0 Å². The highest BCUT2D eigenvalue weighted by atomic mass is 32.1. The molecule has 158 valence electrons. The van der Waals surface area contributed by atoms with Gasteiger partial charge in [-0.25, -0.2) is 4.79 Å². The minimum absolute atomic E-state index is 0.142. The van der Waals surface area contributed by atoms with Crippen LogP contribution in [0.15, 0.2) is 0 Å². The minimum Gasteiger partial charge on any atom is -0.465 e. The fourth-order valence-electron chi connectivity index (χ4n) is 1.86. The molecule has 0 fully saturated rings. The summed E-state index contributed by atoms with van der Waals surface area (Å²) < 4.78 is 94.1. The number of nitrogens with zero attached hydrogens (tertiary/aromatic N) is 1. The molecule has 0 radical (unpaired) electrons. The van der Waals surface area contributed by atoms with Gasteiger partial charge in [-0.1, -0.05) is 0 Å². The molecule has 0 unspecified atom stereocenters. The lowest BCUT2D eigenvalue weighted by Crippen LogP contribution is -2.57. The van der Waals surface area contributed by atoms with E-state index in [-0.39, 0.29) is 21.8 Å². The van der Waals surface area contributed by atoms with E-state index < -0.39 is 46.4 Å². The standard InChI is InChI=1S/C14H13F7N2O4S/c1-5-6(10(25)27-4)8(28-7(5)9(24)23(2)3)22-11(26)12(15,16)13(17,18)14(19,20)21/h1-4H3,(H,22,26). The minimum atomic E-state index is -6.71. The van der Waals surface area contributed by atoms with E-state index in [2.05, 4.69) is 4.74 Å². The number of amides is 2. The Morgan fingerprint density at radius 2 is 1.54 bits per heavy atom. The number of carbonyl (C=O) groups is 3. The lowest BCUT2D eigenvalue weighted by atomic mass is 10.1. The number of nitrogens with one attached hydrogen (secondary N) is 1. The van der Waals surface area contributed by atoms with E-state index in [0.717, 1.165) is 12.0 Å². The Balaban J connectivity index is 3.45. The number of ether oxygens (including phenoxy) is 1. The van der Waals surface area contributed by atoms with E-state index in [1.54, 1.807) is 0 Å². The number of hydrogen-bond acceptors (Lipinski definition) is 5. The molecule has 6 nitrogen and oxygen atoms in total. The van der Waals surface area contributed by atoms with Crippen LogP contribution in [-0.2, 0) is 9.53 Å². The average Bonchev–Trinajstić information content (AvgIpc) is 2.88. The summed E-state index contributed by atoms with van der Waals surface area (Å²) in [5, 5.41) is 0.341. The fraction of sp³-hybridized carbons (Fsp3) is 0.500. The van der Waals surface area contributed by atoms with Gasteiger partial charge in [-0.05, 0) is 12.5 Å². The maximum atomic E-state index is 13.5. The topological polar surface area (TPSA) is 75.7 Å². The summed E-state index contributed by atoms with van der Waals surface area (Å²) >= 11 is 0.245. The zero-order valence-corrected chi connectivity index (χ0v) is 15.5. The van der Waals surface area contributed by atoms with Crippen LogP contribution >= 0.6 is 11.3 Å². The second-order valence-corrected chi connectivity index (χ2v) is 6.57. The Labute approximate surface area is 157 Å². The fourth-order valence-corrected chi connectivity index (χ4v) is 3.07. The van der Waals surface area contributed by atoms with E-state index in [9.17, 15) is 45.1 Å². The van der Waals surface area contributed by atoms with Crippen LogP contribution < -0.4 is 5.32 Å². The molecule has 0 aromatic carbocycles. The predicted octanol–water partition coefficient (Wildman–Crippen LogP) is 3.32. The van der Waals surface area contributed by atoms with Gasteiger partial charge in [-0.3, -0.25) is 9.59 Å². The number of carbonyl (C=O) groups excluding carboxylic acids is 3. The number of halogens is 7. The van der Waals surface area contributed by atoms with Crippen LogP contribution in [-0.4, -0.2) is 61.9 Å². The van der Waals surface area contributed by atoms with Crippen LogP contribution in [0.5, 0.6) is 0 Å². The van der Waals surface area contributed by atoms with Gasteiger partial charge in [0, 0.05) is 14.1 Å². The van der Waals surface area contributed by atoms with Crippen LogP contribution in [0.3, 0.4) is 0 Å². The second-order valence-electron chi connectivity index (χ2n) is 5.55. The second kappa shape index (κ2) is 7.56. The first-order valence-electron chi connectivity index (χ1n) is 7.07. The third kappa shape index (κ3) is 3.91. The van der Waals surface area contributed by atoms with Crippen LogP contribution in [0, 0.1) is 6.92 Å². The SMILES string of the molecule is COC(=O)c1c(NC(=O)C(F)(F)C(F)(F)C(F)(F)F)sc(C(=O)N(C)C)c1C. The predicted molar refractivity (Wildman–Crippen MR) is 83.0 cm³/mol. The van der Waals surface area contributed by atoms with Crippen molar-refractivity contribution < 1.29 is 49.9 Å². The van der Waals surface area contributed by atoms with Crippen molar-refractivity contribution in [2.75, 3.05) is 26.5 Å². The molecule has 1 N–H and O–H groups in total. The van der Waals surface area contributed by atoms with E-state index in [4.69, 9.17) is 0 Å². The first kappa shape index (κ1) is 23.7. The quantitative estimate of drug-likeness (QED) is 0.566. The highest BCUT2D eigenvalue weighted by Crippen LogP contribution is 2.47. The summed E-state index contributed by atoms with van der Waals surface area (Å²) in [6, 6.07) is 0. The molecule has 0 saturated carbocycles. The van der Waals surface area contributed by atoms with Crippen LogP contribution in [0.25, 0.3) is 0 Å². The van der Waals surface area contributed by atoms with Crippen molar-refractivity contribution in [2.45, 2.75) is 24.9 Å². The van der Waals surface area contributed by atoms with Gasteiger partial charge in [0.05, 0.1) is 17.6 Å². The van der Waals surface area contributed by atoms with Gasteiger partial charge in [-0.15, -0.1) is 11.3 Å². The highest BCUT2D eigenvalue weighted by molar-refractivity contribution is 7.18. The van der Waals surface area contributed by atoms with Gasteiger partial charge in [0.1, 0.15) is 5.00 Å². The summed E-state index contributed by atoms with van der Waals surface area (Å²) in [5.74, 6) is -17.8. The summed E-state index contributed by atoms with van der Waals surface area (Å²) in [6.45, 7) is 1.18. The molecule has 0 aliphatic carbocycles. The number of hydrogen-bond donors (Lipinski definition) is 1. The third-order valence-electron chi connectivity index (χ3n) is 3.40. The van der Waals surface area contributed by atoms with E-state index in [1.165, 1.54) is 26.3 Å². The van der Waals surface area contributed by atoms with Crippen molar-refractivity contribution in [1.29, 1.82) is 0 Å². The van der Waals surface area contributed by atoms with Crippen molar-refractivity contribution in [2.24, 2.45) is 0 Å². The summed E-state index contributed by atoms with van der Waals surface area (Å²) in [4.78, 5) is 36.2. The molecule has 0 aliphatic heterocycles. The maximum absolute atomic E-state index is 13.5. The third-order valence-corrected chi connectivity index (χ3v) is 4.59. The molecule has 28 heavy (non-hydrogen) atoms. The molecule has 2 amide bonds. The molecular weight excluding hydrogens is 425 g/mol. The number of alkyl halides is 7. The zero-order chi connectivity index (χ0) is 22.2. The number of esters is 1. The average molecular weight is 438 g/mol. The Morgan fingerprint density at radius 1 is 1.04 bits per heavy atom. The lowest BCUT2D eigenvalue weighted by Gasteiger charge is -2.26. The number of methoxy groups -OCH3 is 1. The molecule has 0 saturated heterocycles. The highest BCUT2D eigenvalue weighted by Gasteiger charge is 2.76. The molecule has 14 heteroatoms. The Hall–Kier alpha value is -2.38. The zero-order valence-electron chi connectivity index (χ0n) is 14.6. The Kier molecular flexibility index (Phi) is 6.39. The molecule has 0 atom stereocenters. The number of anilines is 1. The van der Waals surface area contributed by atoms with Gasteiger partial charge in [0.25, 0.3) is 5.91 Å². The van der Waals surface area contributed by atoms with Crippen molar-refractivity contribution >= 4 is 34.1 Å². The first-order valence-corrected chi connectivity index (χ1v) is 7.89. The normalized spacial score (nSPS) is 12.5. The van der Waals surface area contributed by atoms with Crippen molar-refractivity contribution in [3.8, 4) is 0 Å². The monoisotopic (exact) mass is 438 g/mol. The van der Waals surface area contributed by atoms with Gasteiger partial charge < -0.3 is 15.0 Å². The Bertz CT molecular complexity index is 802. The Morgan fingerprint density at radius 3 is 1.93 bits per heavy atom. The van der Waals surface area contributed by atoms with Gasteiger partial charge in [-0.2, -0.15) is 30.7 Å². The molecular formula is C14H13F7N2O4S. The van der Waals surface area contributed by atoms with Gasteiger partial charge >= 0.3 is 29.9 Å². The molecule has 1 aromatic heterocycles. The largest absolute Gasteiger partial charge is 0.465 e. The van der Waals surface area contributed by atoms with E-state index >= 15 is 0 Å². The van der Waals surface area contributed by atoms with Crippen molar-refractivity contribution in [1.82, 2.24) is 4.90 Å². The molecule has 1 aromatic rings. The number of thiophene rings is 1. The maximum Gasteiger partial charge on any atom is 0.460 e. The van der Waals surface area contributed by atoms with E-state index in [1.807, 2.05) is 0 Å². The van der Waals surface area contributed by atoms with Crippen molar-refractivity contribution in [3.63, 3.8) is 0 Å². The van der Waals surface area contributed by atoms with E-state index in [0.29, 0.717) is 0 Å². The lowest BCUT2D eigenvalue weighted by molar-refractivity contribution is -0.343. The first-order chi connectivity index (χ1) is 12.5. The van der Waals surface area contributed by atoms with Crippen LogP contribution in [0.4, 0.5) is 35.7 Å². The smallest absolute Gasteiger partial charge is 0.460 e. The summed E-state index contributed by atoms with van der Waals surface area (Å²) in [7, 11) is 3.47. The molecule has 0 aliphatic rings. The van der Waals surface area contributed by atoms with Crippen LogP contribution in [0.1, 0.15) is 25.6 Å². The van der Waals surface area contributed by atoms with Gasteiger partial charge in [0.2, 0.25) is 0 Å². The molecule has 0 bridgehead atoms. The summed E-state index contributed by atoms with van der Waals surface area (Å²) in [6.07, 6.45) is -6.71.